The van der Waals surface area contributed by atoms with E-state index in [0.29, 0.717) is 11.4 Å². The monoisotopic (exact) mass is 296 g/mol. The summed E-state index contributed by atoms with van der Waals surface area (Å²) in [6.45, 7) is 1.87. The van der Waals surface area contributed by atoms with E-state index in [1.54, 1.807) is 48.6 Å². The highest BCUT2D eigenvalue weighted by molar-refractivity contribution is 6.03. The zero-order valence-electron chi connectivity index (χ0n) is 12.1. The van der Waals surface area contributed by atoms with Crippen molar-refractivity contribution in [1.82, 2.24) is 0 Å². The predicted molar refractivity (Wildman–Crippen MR) is 85.7 cm³/mol. The molecule has 1 aromatic heterocycles. The van der Waals surface area contributed by atoms with Crippen LogP contribution in [0.1, 0.15) is 17.5 Å². The van der Waals surface area contributed by atoms with Crippen LogP contribution in [0, 0.1) is 0 Å². The van der Waals surface area contributed by atoms with Crippen molar-refractivity contribution in [2.24, 2.45) is 0 Å². The lowest BCUT2D eigenvalue weighted by Gasteiger charge is -2.06. The van der Waals surface area contributed by atoms with E-state index in [0.717, 1.165) is 0 Å². The van der Waals surface area contributed by atoms with Gasteiger partial charge in [0.2, 0.25) is 5.91 Å². The third kappa shape index (κ3) is 4.49. The average molecular weight is 296 g/mol. The van der Waals surface area contributed by atoms with E-state index in [1.807, 2.05) is 13.0 Å². The Hall–Kier alpha value is -3.08. The molecule has 0 radical (unpaired) electrons. The zero-order valence-corrected chi connectivity index (χ0v) is 12.1. The van der Waals surface area contributed by atoms with Crippen molar-refractivity contribution in [3.8, 4) is 0 Å². The molecule has 1 heterocycles. The highest BCUT2D eigenvalue weighted by atomic mass is 16.3. The second kappa shape index (κ2) is 7.64. The molecular formula is C17H16N2O3. The van der Waals surface area contributed by atoms with Gasteiger partial charge in [-0.2, -0.15) is 0 Å². The summed E-state index contributed by atoms with van der Waals surface area (Å²) >= 11 is 0. The van der Waals surface area contributed by atoms with Crippen LogP contribution in [-0.2, 0) is 4.79 Å². The van der Waals surface area contributed by atoms with Crippen LogP contribution in [0.2, 0.25) is 0 Å². The summed E-state index contributed by atoms with van der Waals surface area (Å²) in [4.78, 5) is 23.5. The Kier molecular flexibility index (Phi) is 5.31. The number of carbonyl (C=O) groups is 2. The summed E-state index contributed by atoms with van der Waals surface area (Å²) in [6.07, 6.45) is 8.10. The smallest absolute Gasteiger partial charge is 0.291 e. The van der Waals surface area contributed by atoms with Crippen molar-refractivity contribution in [1.29, 1.82) is 0 Å². The lowest BCUT2D eigenvalue weighted by Crippen LogP contribution is -2.12. The fraction of sp³-hybridized carbons (Fsp3) is 0.0588. The number of hydrogen-bond donors (Lipinski definition) is 2. The minimum absolute atomic E-state index is 0.226. The molecule has 5 heteroatoms. The van der Waals surface area contributed by atoms with Gasteiger partial charge in [-0.1, -0.05) is 24.3 Å². The van der Waals surface area contributed by atoms with Gasteiger partial charge in [0.1, 0.15) is 0 Å². The van der Waals surface area contributed by atoms with Gasteiger partial charge in [0.15, 0.2) is 5.76 Å². The number of benzene rings is 1. The number of hydrogen-bond acceptors (Lipinski definition) is 3. The van der Waals surface area contributed by atoms with Crippen molar-refractivity contribution < 1.29 is 14.0 Å². The Balaban J connectivity index is 2.01. The van der Waals surface area contributed by atoms with Gasteiger partial charge >= 0.3 is 0 Å². The molecule has 0 aliphatic rings. The maximum Gasteiger partial charge on any atom is 0.291 e. The molecule has 0 fully saturated rings. The van der Waals surface area contributed by atoms with Crippen molar-refractivity contribution >= 4 is 23.2 Å². The topological polar surface area (TPSA) is 71.3 Å². The molecule has 1 aromatic carbocycles. The van der Waals surface area contributed by atoms with E-state index in [-0.39, 0.29) is 17.6 Å². The van der Waals surface area contributed by atoms with Crippen molar-refractivity contribution in [3.63, 3.8) is 0 Å². The number of carbonyl (C=O) groups excluding carboxylic acids is 2. The summed E-state index contributed by atoms with van der Waals surface area (Å²) in [7, 11) is 0. The molecule has 2 rings (SSSR count). The summed E-state index contributed by atoms with van der Waals surface area (Å²) in [6, 6.07) is 10.1. The fourth-order valence-electron chi connectivity index (χ4n) is 1.71. The molecule has 0 saturated heterocycles. The molecule has 5 nitrogen and oxygen atoms in total. The van der Waals surface area contributed by atoms with Crippen molar-refractivity contribution in [2.45, 2.75) is 6.92 Å². The summed E-state index contributed by atoms with van der Waals surface area (Å²) < 4.78 is 5.02. The highest BCUT2D eigenvalue weighted by Crippen LogP contribution is 2.16. The van der Waals surface area contributed by atoms with Crippen LogP contribution in [0.25, 0.3) is 0 Å². The van der Waals surface area contributed by atoms with Gasteiger partial charge in [-0.3, -0.25) is 9.59 Å². The third-order valence-electron chi connectivity index (χ3n) is 2.68. The van der Waals surface area contributed by atoms with Gasteiger partial charge < -0.3 is 15.1 Å². The first-order valence-electron chi connectivity index (χ1n) is 6.74. The van der Waals surface area contributed by atoms with Crippen LogP contribution >= 0.6 is 0 Å². The van der Waals surface area contributed by atoms with E-state index < -0.39 is 0 Å². The molecule has 2 aromatic rings. The van der Waals surface area contributed by atoms with Crippen LogP contribution in [0.15, 0.2) is 71.4 Å². The minimum Gasteiger partial charge on any atom is -0.459 e. The van der Waals surface area contributed by atoms with Crippen LogP contribution < -0.4 is 10.6 Å². The van der Waals surface area contributed by atoms with Crippen LogP contribution in [-0.4, -0.2) is 11.8 Å². The highest BCUT2D eigenvalue weighted by Gasteiger charge is 2.08. The summed E-state index contributed by atoms with van der Waals surface area (Å²) in [5.74, 6) is -0.363. The number of furan rings is 1. The quantitative estimate of drug-likeness (QED) is 0.654. The summed E-state index contributed by atoms with van der Waals surface area (Å²) in [5.41, 5.74) is 1.16. The fourth-order valence-corrected chi connectivity index (χ4v) is 1.71. The lowest BCUT2D eigenvalue weighted by molar-refractivity contribution is -0.111. The van der Waals surface area contributed by atoms with Gasteiger partial charge in [-0.25, -0.2) is 0 Å². The Morgan fingerprint density at radius 2 is 1.82 bits per heavy atom. The summed E-state index contributed by atoms with van der Waals surface area (Å²) in [5, 5.41) is 5.41. The van der Waals surface area contributed by atoms with Crippen molar-refractivity contribution in [3.05, 3.63) is 72.7 Å². The van der Waals surface area contributed by atoms with E-state index in [2.05, 4.69) is 10.6 Å². The molecule has 2 N–H and O–H groups in total. The number of amides is 2. The molecule has 2 amide bonds. The largest absolute Gasteiger partial charge is 0.459 e. The molecule has 0 aliphatic heterocycles. The Morgan fingerprint density at radius 1 is 1.05 bits per heavy atom. The number of rotatable bonds is 5. The Bertz CT molecular complexity index is 700. The molecule has 0 spiro atoms. The number of allylic oxidation sites excluding steroid dienone is 3. The normalized spacial score (nSPS) is 11.0. The molecule has 0 bridgehead atoms. The minimum atomic E-state index is -0.346. The second-order valence-electron chi connectivity index (χ2n) is 4.39. The van der Waals surface area contributed by atoms with Gasteiger partial charge in [0.25, 0.3) is 5.91 Å². The average Bonchev–Trinajstić information content (AvgIpc) is 3.02. The maximum atomic E-state index is 11.9. The van der Waals surface area contributed by atoms with Crippen LogP contribution in [0.5, 0.6) is 0 Å². The van der Waals surface area contributed by atoms with Crippen molar-refractivity contribution in [2.75, 3.05) is 10.6 Å². The first-order chi connectivity index (χ1) is 10.7. The van der Waals surface area contributed by atoms with E-state index in [1.165, 1.54) is 12.3 Å². The first kappa shape index (κ1) is 15.3. The molecule has 112 valence electrons. The SMILES string of the molecule is CC=CC=CC(=O)Nc1cccc(NC(=O)c2ccco2)c1. The molecule has 0 atom stereocenters. The van der Waals surface area contributed by atoms with Gasteiger partial charge in [0, 0.05) is 17.5 Å². The second-order valence-corrected chi connectivity index (χ2v) is 4.39. The lowest BCUT2D eigenvalue weighted by atomic mass is 10.2. The number of anilines is 2. The van der Waals surface area contributed by atoms with E-state index in [4.69, 9.17) is 4.42 Å². The maximum absolute atomic E-state index is 11.9. The molecule has 0 saturated carbocycles. The standard InChI is InChI=1S/C17H16N2O3/c1-2-3-4-10-16(20)18-13-7-5-8-14(12-13)19-17(21)15-9-6-11-22-15/h2-12H,1H3,(H,18,20)(H,19,21). The van der Waals surface area contributed by atoms with Crippen LogP contribution in [0.4, 0.5) is 11.4 Å². The Morgan fingerprint density at radius 3 is 2.50 bits per heavy atom. The number of nitrogens with one attached hydrogen (secondary N) is 2. The third-order valence-corrected chi connectivity index (χ3v) is 2.68. The van der Waals surface area contributed by atoms with Gasteiger partial charge in [-0.05, 0) is 37.3 Å². The molecule has 0 aliphatic carbocycles. The molecule has 22 heavy (non-hydrogen) atoms. The zero-order chi connectivity index (χ0) is 15.8. The van der Waals surface area contributed by atoms with Gasteiger partial charge in [0.05, 0.1) is 6.26 Å². The molecular weight excluding hydrogens is 280 g/mol. The van der Waals surface area contributed by atoms with E-state index in [9.17, 15) is 9.59 Å². The predicted octanol–water partition coefficient (Wildman–Crippen LogP) is 3.60. The van der Waals surface area contributed by atoms with Gasteiger partial charge in [-0.15, -0.1) is 0 Å². The first-order valence-corrected chi connectivity index (χ1v) is 6.74. The Labute approximate surface area is 128 Å². The van der Waals surface area contributed by atoms with Crippen LogP contribution in [0.3, 0.4) is 0 Å². The molecule has 0 unspecified atom stereocenters. The van der Waals surface area contributed by atoms with E-state index >= 15 is 0 Å².